The zero-order valence-electron chi connectivity index (χ0n) is 29.2. The molecule has 11 nitrogen and oxygen atoms in total. The zero-order chi connectivity index (χ0) is 35.9. The minimum Gasteiger partial charge on any atom is -0.474 e. The van der Waals surface area contributed by atoms with Gasteiger partial charge in [0, 0.05) is 63.2 Å². The highest BCUT2D eigenvalue weighted by Crippen LogP contribution is 2.39. The first-order valence-corrected chi connectivity index (χ1v) is 20.8. The number of hydrogen-bond acceptors (Lipinski definition) is 9. The molecule has 1 saturated carbocycles. The quantitative estimate of drug-likeness (QED) is 0.128. The molecule has 1 aliphatic carbocycles. The molecule has 0 unspecified atom stereocenters. The number of pyridine rings is 1. The number of likely N-dealkylation sites (tertiary alicyclic amines) is 1. The molecule has 1 N–H and O–H groups in total. The Labute approximate surface area is 291 Å². The number of alkyl halides is 3. The van der Waals surface area contributed by atoms with E-state index in [1.165, 1.54) is 19.9 Å². The lowest BCUT2D eigenvalue weighted by Gasteiger charge is -2.53. The van der Waals surface area contributed by atoms with Gasteiger partial charge in [-0.2, -0.15) is 23.5 Å². The lowest BCUT2D eigenvalue weighted by Crippen LogP contribution is -2.65. The number of ether oxygens (including phenoxy) is 2. The smallest absolute Gasteiger partial charge is 0.433 e. The molecule has 268 valence electrons. The molecule has 6 rings (SSSR count). The van der Waals surface area contributed by atoms with Crippen molar-refractivity contribution in [3.05, 3.63) is 54.4 Å². The number of rotatable bonds is 12. The third kappa shape index (κ3) is 7.88. The molecule has 5 heterocycles. The standard InChI is InChI=1S/C35H45F3N8O3Si/c1-33(2,47)25-16-29(35(36,37)38)43-30(17-25)49-27-8-6-26(7-9-27)45-20-34(21-45,11-12-39)46-19-24(18-42-46)31-28-10-13-44(32(28)41-22-40-31)23-48-14-15-50(3,4)5/h10,13,16-19,22,26-27,47H,6-9,11,14-15,20-21,23H2,1-5H3. The van der Waals surface area contributed by atoms with Gasteiger partial charge in [0.25, 0.3) is 0 Å². The van der Waals surface area contributed by atoms with Gasteiger partial charge in [-0.25, -0.2) is 15.0 Å². The Morgan fingerprint density at radius 2 is 1.84 bits per heavy atom. The van der Waals surface area contributed by atoms with Gasteiger partial charge in [-0.05, 0) is 63.3 Å². The van der Waals surface area contributed by atoms with Crippen LogP contribution in [-0.4, -0.2) is 79.2 Å². The molecule has 0 aromatic carbocycles. The van der Waals surface area contributed by atoms with Crippen molar-refractivity contribution in [2.24, 2.45) is 0 Å². The Balaban J connectivity index is 1.08. The maximum atomic E-state index is 13.5. The Hall–Kier alpha value is -3.84. The fourth-order valence-electron chi connectivity index (χ4n) is 6.80. The van der Waals surface area contributed by atoms with E-state index in [4.69, 9.17) is 14.6 Å². The molecule has 2 aliphatic rings. The Morgan fingerprint density at radius 1 is 1.10 bits per heavy atom. The molecular weight excluding hydrogens is 666 g/mol. The van der Waals surface area contributed by atoms with E-state index in [1.807, 2.05) is 27.7 Å². The first-order chi connectivity index (χ1) is 23.5. The highest BCUT2D eigenvalue weighted by Gasteiger charge is 2.48. The van der Waals surface area contributed by atoms with Crippen molar-refractivity contribution in [1.82, 2.24) is 34.2 Å². The van der Waals surface area contributed by atoms with E-state index < -0.39 is 31.1 Å². The van der Waals surface area contributed by atoms with Gasteiger partial charge in [-0.3, -0.25) is 9.58 Å². The summed E-state index contributed by atoms with van der Waals surface area (Å²) in [4.78, 5) is 15.2. The molecule has 4 aromatic heterocycles. The van der Waals surface area contributed by atoms with E-state index >= 15 is 0 Å². The number of nitrogens with zero attached hydrogens (tertiary/aromatic N) is 8. The fourth-order valence-corrected chi connectivity index (χ4v) is 7.56. The van der Waals surface area contributed by atoms with Gasteiger partial charge in [0.15, 0.2) is 0 Å². The van der Waals surface area contributed by atoms with Crippen LogP contribution in [0.2, 0.25) is 25.7 Å². The topological polar surface area (TPSA) is 127 Å². The van der Waals surface area contributed by atoms with E-state index in [9.17, 15) is 23.5 Å². The predicted octanol–water partition coefficient (Wildman–Crippen LogP) is 6.56. The molecule has 15 heteroatoms. The molecule has 1 saturated heterocycles. The van der Waals surface area contributed by atoms with Crippen LogP contribution in [0.1, 0.15) is 57.2 Å². The molecular formula is C35H45F3N8O3Si. The van der Waals surface area contributed by atoms with Crippen molar-refractivity contribution in [2.75, 3.05) is 19.7 Å². The van der Waals surface area contributed by atoms with Crippen LogP contribution in [0, 0.1) is 11.3 Å². The summed E-state index contributed by atoms with van der Waals surface area (Å²) in [6.45, 7) is 12.3. The molecule has 0 spiro atoms. The van der Waals surface area contributed by atoms with Gasteiger partial charge in [-0.15, -0.1) is 0 Å². The zero-order valence-corrected chi connectivity index (χ0v) is 30.2. The average molecular weight is 711 g/mol. The average Bonchev–Trinajstić information content (AvgIpc) is 3.68. The third-order valence-corrected chi connectivity index (χ3v) is 11.5. The summed E-state index contributed by atoms with van der Waals surface area (Å²) in [5.41, 5.74) is -0.530. The number of halogens is 3. The second kappa shape index (κ2) is 13.7. The number of nitriles is 1. The van der Waals surface area contributed by atoms with Crippen molar-refractivity contribution in [3.63, 3.8) is 0 Å². The van der Waals surface area contributed by atoms with E-state index in [2.05, 4.69) is 45.6 Å². The van der Waals surface area contributed by atoms with Gasteiger partial charge in [0.2, 0.25) is 5.88 Å². The van der Waals surface area contributed by atoms with Gasteiger partial charge < -0.3 is 19.1 Å². The highest BCUT2D eigenvalue weighted by atomic mass is 28.3. The maximum Gasteiger partial charge on any atom is 0.433 e. The van der Waals surface area contributed by atoms with Crippen molar-refractivity contribution < 1.29 is 27.8 Å². The number of aromatic nitrogens is 6. The molecule has 4 aromatic rings. The van der Waals surface area contributed by atoms with Crippen LogP contribution < -0.4 is 4.74 Å². The van der Waals surface area contributed by atoms with Gasteiger partial charge >= 0.3 is 6.18 Å². The molecule has 0 amide bonds. The fraction of sp³-hybridized carbons (Fsp3) is 0.571. The lowest BCUT2D eigenvalue weighted by molar-refractivity contribution is -0.141. The molecule has 0 bridgehead atoms. The predicted molar refractivity (Wildman–Crippen MR) is 184 cm³/mol. The summed E-state index contributed by atoms with van der Waals surface area (Å²) in [7, 11) is -1.18. The van der Waals surface area contributed by atoms with Crippen molar-refractivity contribution in [1.29, 1.82) is 5.26 Å². The minimum atomic E-state index is -4.66. The summed E-state index contributed by atoms with van der Waals surface area (Å²) >= 11 is 0. The third-order valence-electron chi connectivity index (χ3n) is 9.77. The van der Waals surface area contributed by atoms with E-state index in [1.54, 1.807) is 12.5 Å². The first kappa shape index (κ1) is 36.0. The highest BCUT2D eigenvalue weighted by molar-refractivity contribution is 6.76. The summed E-state index contributed by atoms with van der Waals surface area (Å²) < 4.78 is 56.4. The van der Waals surface area contributed by atoms with Crippen LogP contribution in [0.15, 0.2) is 43.1 Å². The van der Waals surface area contributed by atoms with Crippen molar-refractivity contribution in [2.45, 2.75) is 108 Å². The van der Waals surface area contributed by atoms with E-state index in [0.717, 1.165) is 53.8 Å². The molecule has 50 heavy (non-hydrogen) atoms. The molecule has 1 aliphatic heterocycles. The van der Waals surface area contributed by atoms with Crippen LogP contribution in [0.3, 0.4) is 0 Å². The SMILES string of the molecule is CC(C)(O)c1cc(OC2CCC(N3CC(CC#N)(n4cc(-c5ncnc6c5ccn6COCC[Si](C)(C)C)cn4)C3)CC2)nc(C(F)(F)F)c1. The summed E-state index contributed by atoms with van der Waals surface area (Å²) in [6.07, 6.45) is 5.54. The van der Waals surface area contributed by atoms with Crippen LogP contribution in [0.5, 0.6) is 5.88 Å². The second-order valence-electron chi connectivity index (χ2n) is 15.4. The number of fused-ring (bicyclic) bond motifs is 1. The van der Waals surface area contributed by atoms with Gasteiger partial charge in [-0.1, -0.05) is 19.6 Å². The number of aliphatic hydroxyl groups is 1. The second-order valence-corrected chi connectivity index (χ2v) is 21.0. The minimum absolute atomic E-state index is 0.0973. The van der Waals surface area contributed by atoms with Gasteiger partial charge in [0.1, 0.15) is 36.0 Å². The Morgan fingerprint density at radius 3 is 2.50 bits per heavy atom. The normalized spacial score (nSPS) is 20.1. The van der Waals surface area contributed by atoms with Crippen molar-refractivity contribution in [3.8, 4) is 23.2 Å². The summed E-state index contributed by atoms with van der Waals surface area (Å²) in [5.74, 6) is -0.129. The van der Waals surface area contributed by atoms with E-state index in [-0.39, 0.29) is 23.6 Å². The molecule has 0 radical (unpaired) electrons. The summed E-state index contributed by atoms with van der Waals surface area (Å²) in [6, 6.07) is 7.95. The Kier molecular flexibility index (Phi) is 9.86. The Bertz CT molecular complexity index is 1810. The molecule has 0 atom stereocenters. The van der Waals surface area contributed by atoms with Crippen LogP contribution in [-0.2, 0) is 28.8 Å². The largest absolute Gasteiger partial charge is 0.474 e. The summed E-state index contributed by atoms with van der Waals surface area (Å²) in [5, 5.41) is 25.8. The van der Waals surface area contributed by atoms with Crippen LogP contribution in [0.4, 0.5) is 13.2 Å². The molecule has 2 fully saturated rings. The van der Waals surface area contributed by atoms with Crippen molar-refractivity contribution >= 4 is 19.1 Å². The number of hydrogen-bond donors (Lipinski definition) is 1. The first-order valence-electron chi connectivity index (χ1n) is 17.1. The van der Waals surface area contributed by atoms with E-state index in [0.29, 0.717) is 39.1 Å². The van der Waals surface area contributed by atoms with Crippen LogP contribution in [0.25, 0.3) is 22.3 Å². The monoisotopic (exact) mass is 710 g/mol. The maximum absolute atomic E-state index is 13.5. The lowest BCUT2D eigenvalue weighted by atomic mass is 9.82. The van der Waals surface area contributed by atoms with Crippen LogP contribution >= 0.6 is 0 Å². The van der Waals surface area contributed by atoms with Gasteiger partial charge in [0.05, 0.1) is 30.0 Å².